The van der Waals surface area contributed by atoms with Gasteiger partial charge in [0, 0.05) is 5.92 Å². The van der Waals surface area contributed by atoms with Crippen molar-refractivity contribution in [2.45, 2.75) is 70.2 Å². The Bertz CT molecular complexity index is 274. The molecule has 0 aliphatic heterocycles. The van der Waals surface area contributed by atoms with Gasteiger partial charge < -0.3 is 10.5 Å². The summed E-state index contributed by atoms with van der Waals surface area (Å²) in [5, 5.41) is 0. The van der Waals surface area contributed by atoms with Crippen molar-refractivity contribution in [2.75, 3.05) is 27.9 Å². The minimum absolute atomic E-state index is 0. The van der Waals surface area contributed by atoms with Gasteiger partial charge in [0.1, 0.15) is 0 Å². The zero-order valence-electron chi connectivity index (χ0n) is 13.5. The summed E-state index contributed by atoms with van der Waals surface area (Å²) in [6.07, 6.45) is 1.69. The molecular weight excluding hydrogens is 292 g/mol. The fourth-order valence-corrected chi connectivity index (χ4v) is 0.767. The van der Waals surface area contributed by atoms with Crippen LogP contribution in [0, 0.1) is 11.8 Å². The van der Waals surface area contributed by atoms with E-state index in [1.54, 1.807) is 0 Å². The highest BCUT2D eigenvalue weighted by Crippen LogP contribution is 2.04. The molecule has 0 saturated heterocycles. The Kier molecular flexibility index (Phi) is 31.2. The van der Waals surface area contributed by atoms with Crippen molar-refractivity contribution in [3.63, 3.8) is 0 Å². The minimum Gasteiger partial charge on any atom is -0.415 e. The number of carbonyl (C=O) groups excluding carboxylic acids is 2. The predicted molar refractivity (Wildman–Crippen MR) is 104 cm³/mol. The summed E-state index contributed by atoms with van der Waals surface area (Å²) in [6.45, 7) is 8.08. The molecule has 2 N–H and O–H groups in total. The largest absolute Gasteiger partial charge is 0.415 e. The van der Waals surface area contributed by atoms with Crippen LogP contribution in [0.2, 0.25) is 0 Å². The Morgan fingerprint density at radius 1 is 0.913 bits per heavy atom. The fraction of sp³-hybridized carbons (Fsp3) is 0.889. The highest BCUT2D eigenvalue weighted by Gasteiger charge is 2.15. The van der Waals surface area contributed by atoms with E-state index in [0.717, 1.165) is 12.8 Å². The molecular formula is C18H47N2O3+. The summed E-state index contributed by atoms with van der Waals surface area (Å²) in [7, 11) is 5.97. The molecule has 23 heavy (non-hydrogen) atoms. The van der Waals surface area contributed by atoms with Gasteiger partial charge in [0.05, 0.1) is 27.1 Å². The zero-order valence-corrected chi connectivity index (χ0v) is 13.5. The molecule has 0 heterocycles. The number of nitrogens with two attached hydrogens (primary N) is 1. The van der Waals surface area contributed by atoms with Crippen molar-refractivity contribution >= 4 is 11.9 Å². The molecule has 2 unspecified atom stereocenters. The van der Waals surface area contributed by atoms with E-state index in [9.17, 15) is 9.59 Å². The monoisotopic (exact) mass is 339 g/mol. The summed E-state index contributed by atoms with van der Waals surface area (Å²) >= 11 is 0. The van der Waals surface area contributed by atoms with Gasteiger partial charge in [-0.2, -0.15) is 0 Å². The summed E-state index contributed by atoms with van der Waals surface area (Å²) in [5.74, 6) is -0.232. The van der Waals surface area contributed by atoms with Crippen LogP contribution in [-0.4, -0.2) is 44.2 Å². The van der Waals surface area contributed by atoms with Crippen molar-refractivity contribution in [1.82, 2.24) is 0 Å². The van der Waals surface area contributed by atoms with Gasteiger partial charge in [-0.25, -0.2) is 0 Å². The molecule has 0 aromatic carbocycles. The lowest BCUT2D eigenvalue weighted by atomic mass is 10.1. The molecule has 0 rings (SSSR count). The summed E-state index contributed by atoms with van der Waals surface area (Å²) < 4.78 is 5.75. The highest BCUT2D eigenvalue weighted by molar-refractivity contribution is 5.76. The van der Waals surface area contributed by atoms with Gasteiger partial charge in [-0.1, -0.05) is 57.4 Å². The fourth-order valence-electron chi connectivity index (χ4n) is 0.767. The van der Waals surface area contributed by atoms with Crippen LogP contribution < -0.4 is 5.73 Å². The molecule has 5 heteroatoms. The number of hydrogen-bond acceptors (Lipinski definition) is 3. The Hall–Kier alpha value is -1.10. The number of hydrogen-bond donors (Lipinski definition) is 1. The standard InChI is InChI=1S/C9H20NO2.C5H11NO.4CH4/c1-6-8(2)9(11)12-7-10(3,4)5;1-3-4(2)5(6)7;;;;/h8H,6-7H2,1-5H3;4H,3H2,1-2H3,(H2,6,7);4*1H4/q+1;;;;;. The van der Waals surface area contributed by atoms with Gasteiger partial charge in [0.15, 0.2) is 0 Å². The first kappa shape index (κ1) is 37.8. The number of nitrogens with zero attached hydrogens (tertiary/aromatic N) is 1. The SMILES string of the molecule is C.C.C.C.CCC(C)C(=O)OC[N+](C)(C)C.CCC(C)C(N)=O. The van der Waals surface area contributed by atoms with Crippen LogP contribution in [0.3, 0.4) is 0 Å². The normalized spacial score (nSPS) is 11.4. The molecule has 2 atom stereocenters. The first-order valence-corrected chi connectivity index (χ1v) is 6.81. The van der Waals surface area contributed by atoms with Crippen LogP contribution in [0.25, 0.3) is 0 Å². The van der Waals surface area contributed by atoms with Crippen LogP contribution in [0.4, 0.5) is 0 Å². The molecule has 0 aromatic rings. The molecule has 0 aliphatic carbocycles. The highest BCUT2D eigenvalue weighted by atomic mass is 16.5. The molecule has 0 aromatic heterocycles. The third-order valence-corrected chi connectivity index (χ3v) is 2.71. The molecule has 0 bridgehead atoms. The van der Waals surface area contributed by atoms with E-state index in [-0.39, 0.29) is 53.4 Å². The molecule has 0 radical (unpaired) electrons. The smallest absolute Gasteiger partial charge is 0.312 e. The number of amides is 1. The summed E-state index contributed by atoms with van der Waals surface area (Å²) in [5.41, 5.74) is 4.91. The van der Waals surface area contributed by atoms with E-state index in [4.69, 9.17) is 10.5 Å². The van der Waals surface area contributed by atoms with Gasteiger partial charge in [0.25, 0.3) is 0 Å². The first-order valence-electron chi connectivity index (χ1n) is 6.81. The number of carbonyl (C=O) groups is 2. The number of rotatable bonds is 6. The molecule has 5 nitrogen and oxygen atoms in total. The van der Waals surface area contributed by atoms with Crippen LogP contribution in [0.5, 0.6) is 0 Å². The predicted octanol–water partition coefficient (Wildman–Crippen LogP) is 4.30. The van der Waals surface area contributed by atoms with Crippen molar-refractivity contribution in [1.29, 1.82) is 0 Å². The average molecular weight is 340 g/mol. The maximum absolute atomic E-state index is 11.2. The van der Waals surface area contributed by atoms with Gasteiger partial charge >= 0.3 is 5.97 Å². The second-order valence-corrected chi connectivity index (χ2v) is 5.90. The lowest BCUT2D eigenvalue weighted by molar-refractivity contribution is -0.888. The van der Waals surface area contributed by atoms with Gasteiger partial charge in [-0.3, -0.25) is 14.1 Å². The molecule has 0 spiro atoms. The molecule has 1 amide bonds. The van der Waals surface area contributed by atoms with Gasteiger partial charge in [-0.05, 0) is 12.8 Å². The van der Waals surface area contributed by atoms with Crippen LogP contribution in [-0.2, 0) is 14.3 Å². The molecule has 0 fully saturated rings. The van der Waals surface area contributed by atoms with E-state index < -0.39 is 0 Å². The van der Waals surface area contributed by atoms with Crippen molar-refractivity contribution in [2.24, 2.45) is 17.6 Å². The molecule has 0 saturated carbocycles. The topological polar surface area (TPSA) is 69.4 Å². The van der Waals surface area contributed by atoms with Crippen LogP contribution in [0.1, 0.15) is 70.2 Å². The van der Waals surface area contributed by atoms with Gasteiger partial charge in [-0.15, -0.1) is 0 Å². The second kappa shape index (κ2) is 18.9. The van der Waals surface area contributed by atoms with Gasteiger partial charge in [0.2, 0.25) is 12.6 Å². The van der Waals surface area contributed by atoms with Crippen molar-refractivity contribution in [3.8, 4) is 0 Å². The minimum atomic E-state index is -0.206. The Labute approximate surface area is 147 Å². The first-order chi connectivity index (χ1) is 8.55. The number of ether oxygens (including phenoxy) is 1. The zero-order chi connectivity index (χ0) is 15.6. The summed E-state index contributed by atoms with van der Waals surface area (Å²) in [6, 6.07) is 0. The Morgan fingerprint density at radius 2 is 1.26 bits per heavy atom. The van der Waals surface area contributed by atoms with E-state index in [0.29, 0.717) is 11.2 Å². The van der Waals surface area contributed by atoms with E-state index in [2.05, 4.69) is 0 Å². The quantitative estimate of drug-likeness (QED) is 0.445. The lowest BCUT2D eigenvalue weighted by Gasteiger charge is -2.23. The average Bonchev–Trinajstić information content (AvgIpc) is 2.33. The maximum Gasteiger partial charge on any atom is 0.312 e. The van der Waals surface area contributed by atoms with E-state index in [1.807, 2.05) is 48.8 Å². The van der Waals surface area contributed by atoms with E-state index in [1.165, 1.54) is 0 Å². The maximum atomic E-state index is 11.2. The van der Waals surface area contributed by atoms with Crippen molar-refractivity contribution in [3.05, 3.63) is 0 Å². The van der Waals surface area contributed by atoms with Crippen LogP contribution in [0.15, 0.2) is 0 Å². The Balaban J connectivity index is -0.0000000584. The molecule has 0 aliphatic rings. The number of quaternary nitrogens is 1. The third-order valence-electron chi connectivity index (χ3n) is 2.71. The molecule has 146 valence electrons. The second-order valence-electron chi connectivity index (χ2n) is 5.90. The van der Waals surface area contributed by atoms with E-state index >= 15 is 0 Å². The third kappa shape index (κ3) is 26.1. The number of primary amides is 1. The van der Waals surface area contributed by atoms with Crippen molar-refractivity contribution < 1.29 is 18.8 Å². The summed E-state index contributed by atoms with van der Waals surface area (Å²) in [4.78, 5) is 21.3. The number of esters is 1. The Morgan fingerprint density at radius 3 is 1.43 bits per heavy atom. The lowest BCUT2D eigenvalue weighted by Crippen LogP contribution is -2.38. The van der Waals surface area contributed by atoms with Crippen LogP contribution >= 0.6 is 0 Å².